The lowest BCUT2D eigenvalue weighted by Gasteiger charge is -2.30. The fourth-order valence-electron chi connectivity index (χ4n) is 4.49. The van der Waals surface area contributed by atoms with Crippen LogP contribution in [0, 0.1) is 5.92 Å². The molecule has 0 spiro atoms. The third-order valence-corrected chi connectivity index (χ3v) is 6.12. The molecule has 1 aromatic heterocycles. The minimum Gasteiger partial charge on any atom is -0.352 e. The summed E-state index contributed by atoms with van der Waals surface area (Å²) in [7, 11) is 0. The van der Waals surface area contributed by atoms with E-state index < -0.39 is 0 Å². The van der Waals surface area contributed by atoms with Gasteiger partial charge in [0.25, 0.3) is 5.91 Å². The lowest BCUT2D eigenvalue weighted by Crippen LogP contribution is -2.36. The highest BCUT2D eigenvalue weighted by atomic mass is 16.2. The number of carbonyl (C=O) groups is 2. The highest BCUT2D eigenvalue weighted by molar-refractivity contribution is 5.97. The van der Waals surface area contributed by atoms with E-state index in [1.54, 1.807) is 0 Å². The molecule has 4 rings (SSSR count). The number of hydrogen-bond donors (Lipinski definition) is 3. The van der Waals surface area contributed by atoms with Crippen LogP contribution in [-0.4, -0.2) is 52.9 Å². The Morgan fingerprint density at radius 1 is 1.18 bits per heavy atom. The average Bonchev–Trinajstić information content (AvgIpc) is 3.19. The van der Waals surface area contributed by atoms with Crippen LogP contribution in [0.4, 0.5) is 5.69 Å². The number of fused-ring (bicyclic) bond motifs is 1. The summed E-state index contributed by atoms with van der Waals surface area (Å²) in [4.78, 5) is 34.3. The van der Waals surface area contributed by atoms with Gasteiger partial charge in [-0.15, -0.1) is 0 Å². The van der Waals surface area contributed by atoms with E-state index in [4.69, 9.17) is 0 Å². The van der Waals surface area contributed by atoms with Crippen LogP contribution in [0.1, 0.15) is 54.9 Å². The molecule has 2 aromatic carbocycles. The van der Waals surface area contributed by atoms with Gasteiger partial charge >= 0.3 is 0 Å². The maximum Gasteiger partial charge on any atom is 0.251 e. The highest BCUT2D eigenvalue weighted by Crippen LogP contribution is 2.18. The quantitative estimate of drug-likeness (QED) is 0.456. The first-order valence-corrected chi connectivity index (χ1v) is 11.8. The molecule has 0 bridgehead atoms. The van der Waals surface area contributed by atoms with E-state index in [1.165, 1.54) is 32.9 Å². The maximum absolute atomic E-state index is 12.6. The fraction of sp³-hybridized carbons (Fsp3) is 0.423. The summed E-state index contributed by atoms with van der Waals surface area (Å²) in [6.45, 7) is 7.88. The molecular formula is C26H33N5O2. The first kappa shape index (κ1) is 23.0. The molecule has 7 heteroatoms. The number of aromatic nitrogens is 2. The topological polar surface area (TPSA) is 90.1 Å². The zero-order valence-corrected chi connectivity index (χ0v) is 19.5. The Balaban J connectivity index is 1.30. The van der Waals surface area contributed by atoms with Crippen molar-refractivity contribution in [1.82, 2.24) is 20.2 Å². The zero-order chi connectivity index (χ0) is 23.2. The van der Waals surface area contributed by atoms with Crippen LogP contribution in [0.2, 0.25) is 0 Å². The van der Waals surface area contributed by atoms with Gasteiger partial charge in [0.05, 0.1) is 11.0 Å². The molecule has 1 aliphatic rings. The Kier molecular flexibility index (Phi) is 7.40. The Labute approximate surface area is 195 Å². The number of H-pyrrole nitrogens is 1. The second-order valence-corrected chi connectivity index (χ2v) is 9.13. The van der Waals surface area contributed by atoms with Gasteiger partial charge in [-0.2, -0.15) is 0 Å². The highest BCUT2D eigenvalue weighted by Gasteiger charge is 2.15. The summed E-state index contributed by atoms with van der Waals surface area (Å²) >= 11 is 0. The van der Waals surface area contributed by atoms with Gasteiger partial charge in [0.2, 0.25) is 5.91 Å². The van der Waals surface area contributed by atoms with Crippen molar-refractivity contribution in [3.05, 3.63) is 59.4 Å². The summed E-state index contributed by atoms with van der Waals surface area (Å²) in [5.74, 6) is 1.48. The predicted molar refractivity (Wildman–Crippen MR) is 131 cm³/mol. The number of carbonyl (C=O) groups excluding carboxylic acids is 2. The van der Waals surface area contributed by atoms with Crippen molar-refractivity contribution in [1.29, 1.82) is 0 Å². The molecule has 1 atom stereocenters. The van der Waals surface area contributed by atoms with Crippen LogP contribution < -0.4 is 10.6 Å². The molecule has 1 aliphatic heterocycles. The van der Waals surface area contributed by atoms with Gasteiger partial charge in [0.1, 0.15) is 5.82 Å². The number of nitrogens with one attached hydrogen (secondary N) is 3. The minimum absolute atomic E-state index is 0.0476. The zero-order valence-electron chi connectivity index (χ0n) is 19.5. The van der Waals surface area contributed by atoms with Crippen molar-refractivity contribution in [3.8, 4) is 0 Å². The van der Waals surface area contributed by atoms with Gasteiger partial charge < -0.3 is 20.5 Å². The molecule has 0 aliphatic carbocycles. The number of amides is 2. The summed E-state index contributed by atoms with van der Waals surface area (Å²) in [5.41, 5.74) is 4.20. The molecule has 0 radical (unpaired) electrons. The van der Waals surface area contributed by atoms with Crippen LogP contribution in [-0.2, 0) is 11.2 Å². The number of anilines is 1. The van der Waals surface area contributed by atoms with Gasteiger partial charge in [0, 0.05) is 37.7 Å². The van der Waals surface area contributed by atoms with Crippen molar-refractivity contribution in [3.63, 3.8) is 0 Å². The Bertz CT molecular complexity index is 1110. The molecule has 7 nitrogen and oxygen atoms in total. The monoisotopic (exact) mass is 447 g/mol. The number of nitrogens with zero attached hydrogens (tertiary/aromatic N) is 2. The number of hydrogen-bond acceptors (Lipinski definition) is 4. The second-order valence-electron chi connectivity index (χ2n) is 9.13. The van der Waals surface area contributed by atoms with Crippen LogP contribution in [0.3, 0.4) is 0 Å². The van der Waals surface area contributed by atoms with Gasteiger partial charge in [-0.3, -0.25) is 9.59 Å². The van der Waals surface area contributed by atoms with E-state index in [1.807, 2.05) is 42.5 Å². The second kappa shape index (κ2) is 10.6. The fourth-order valence-corrected chi connectivity index (χ4v) is 4.49. The van der Waals surface area contributed by atoms with Crippen molar-refractivity contribution >= 4 is 28.5 Å². The first-order valence-electron chi connectivity index (χ1n) is 11.8. The average molecular weight is 448 g/mol. The molecule has 174 valence electrons. The standard InChI is InChI=1S/C26H33N5O2/c1-18-5-3-13-31(17-18)14-4-12-27-26(33)21-8-11-23-24(16-21)30-25(29-23)15-20-6-9-22(10-7-20)28-19(2)32/h6-11,16,18H,3-5,12-15,17H2,1-2H3,(H,27,33)(H,28,32)(H,29,30). The lowest BCUT2D eigenvalue weighted by atomic mass is 10.0. The normalized spacial score (nSPS) is 16.6. The third kappa shape index (κ3) is 6.42. The van der Waals surface area contributed by atoms with Gasteiger partial charge in [0.15, 0.2) is 0 Å². The van der Waals surface area contributed by atoms with Crippen LogP contribution in [0.5, 0.6) is 0 Å². The predicted octanol–water partition coefficient (Wildman–Crippen LogP) is 3.96. The van der Waals surface area contributed by atoms with E-state index >= 15 is 0 Å². The number of rotatable bonds is 8. The van der Waals surface area contributed by atoms with E-state index in [0.717, 1.165) is 47.0 Å². The van der Waals surface area contributed by atoms with Gasteiger partial charge in [-0.05, 0) is 74.2 Å². The van der Waals surface area contributed by atoms with Crippen LogP contribution >= 0.6 is 0 Å². The van der Waals surface area contributed by atoms with E-state index in [9.17, 15) is 9.59 Å². The largest absolute Gasteiger partial charge is 0.352 e. The third-order valence-electron chi connectivity index (χ3n) is 6.12. The Morgan fingerprint density at radius 2 is 2.00 bits per heavy atom. The molecule has 0 saturated carbocycles. The van der Waals surface area contributed by atoms with Gasteiger partial charge in [-0.1, -0.05) is 19.1 Å². The van der Waals surface area contributed by atoms with E-state index in [2.05, 4.69) is 32.4 Å². The van der Waals surface area contributed by atoms with Crippen molar-refractivity contribution in [2.45, 2.75) is 39.5 Å². The minimum atomic E-state index is -0.0866. The Morgan fingerprint density at radius 3 is 2.76 bits per heavy atom. The molecule has 3 aromatic rings. The maximum atomic E-state index is 12.6. The molecule has 33 heavy (non-hydrogen) atoms. The summed E-state index contributed by atoms with van der Waals surface area (Å²) < 4.78 is 0. The molecular weight excluding hydrogens is 414 g/mol. The Hall–Kier alpha value is -3.19. The van der Waals surface area contributed by atoms with E-state index in [0.29, 0.717) is 18.5 Å². The van der Waals surface area contributed by atoms with Crippen molar-refractivity contribution in [2.24, 2.45) is 5.92 Å². The molecule has 2 heterocycles. The molecule has 3 N–H and O–H groups in total. The number of piperidine rings is 1. The lowest BCUT2D eigenvalue weighted by molar-refractivity contribution is -0.114. The van der Waals surface area contributed by atoms with E-state index in [-0.39, 0.29) is 11.8 Å². The smallest absolute Gasteiger partial charge is 0.251 e. The first-order chi connectivity index (χ1) is 16.0. The molecule has 1 saturated heterocycles. The van der Waals surface area contributed by atoms with Crippen LogP contribution in [0.15, 0.2) is 42.5 Å². The summed E-state index contributed by atoms with van der Waals surface area (Å²) in [6.07, 6.45) is 4.22. The molecule has 2 amide bonds. The number of imidazole rings is 1. The van der Waals surface area contributed by atoms with Gasteiger partial charge in [-0.25, -0.2) is 4.98 Å². The molecule has 1 fully saturated rings. The number of benzene rings is 2. The van der Waals surface area contributed by atoms with Crippen molar-refractivity contribution < 1.29 is 9.59 Å². The SMILES string of the molecule is CC(=O)Nc1ccc(Cc2nc3ccc(C(=O)NCCCN4CCCC(C)C4)cc3[nH]2)cc1. The number of likely N-dealkylation sites (tertiary alicyclic amines) is 1. The summed E-state index contributed by atoms with van der Waals surface area (Å²) in [6, 6.07) is 13.3. The van der Waals surface area contributed by atoms with Crippen LogP contribution in [0.25, 0.3) is 11.0 Å². The molecule has 1 unspecified atom stereocenters. The summed E-state index contributed by atoms with van der Waals surface area (Å²) in [5, 5.41) is 5.82. The number of aromatic amines is 1. The van der Waals surface area contributed by atoms with Crippen molar-refractivity contribution in [2.75, 3.05) is 31.5 Å².